The van der Waals surface area contributed by atoms with Gasteiger partial charge < -0.3 is 15.8 Å². The molecule has 1 aromatic heterocycles. The monoisotopic (exact) mass is 351 g/mol. The molecule has 1 unspecified atom stereocenters. The van der Waals surface area contributed by atoms with E-state index >= 15 is 0 Å². The summed E-state index contributed by atoms with van der Waals surface area (Å²) < 4.78 is 7.31. The van der Waals surface area contributed by atoms with E-state index in [2.05, 4.69) is 15.4 Å². The zero-order valence-electron chi connectivity index (χ0n) is 13.5. The van der Waals surface area contributed by atoms with E-state index in [9.17, 15) is 4.79 Å². The van der Waals surface area contributed by atoms with Crippen LogP contribution in [-0.2, 0) is 9.53 Å². The lowest BCUT2D eigenvalue weighted by Crippen LogP contribution is -2.37. The van der Waals surface area contributed by atoms with Gasteiger partial charge in [-0.2, -0.15) is 5.10 Å². The third-order valence-corrected chi connectivity index (χ3v) is 4.10. The fourth-order valence-corrected chi connectivity index (χ4v) is 2.72. The SMILES string of the molecule is CC(NC(=O)[C@@H]1CC[C@H](CN)O1)c1ccc(-n2cncn2)cc1.Cl. The predicted octanol–water partition coefficient (Wildman–Crippen LogP) is 1.37. The maximum Gasteiger partial charge on any atom is 0.249 e. The molecule has 3 rings (SSSR count). The van der Waals surface area contributed by atoms with Crippen LogP contribution in [0.5, 0.6) is 0 Å². The van der Waals surface area contributed by atoms with Crippen molar-refractivity contribution >= 4 is 18.3 Å². The van der Waals surface area contributed by atoms with Crippen LogP contribution in [0.15, 0.2) is 36.9 Å². The van der Waals surface area contributed by atoms with Crippen molar-refractivity contribution in [1.29, 1.82) is 0 Å². The number of rotatable bonds is 5. The quantitative estimate of drug-likeness (QED) is 0.848. The van der Waals surface area contributed by atoms with Crippen LogP contribution in [0.1, 0.15) is 31.4 Å². The Balaban J connectivity index is 0.00000208. The fraction of sp³-hybridized carbons (Fsp3) is 0.438. The van der Waals surface area contributed by atoms with Crippen molar-refractivity contribution in [1.82, 2.24) is 20.1 Å². The molecule has 0 aliphatic carbocycles. The summed E-state index contributed by atoms with van der Waals surface area (Å²) in [5.41, 5.74) is 7.52. The average molecular weight is 352 g/mol. The van der Waals surface area contributed by atoms with E-state index in [1.807, 2.05) is 31.2 Å². The van der Waals surface area contributed by atoms with E-state index < -0.39 is 0 Å². The number of carbonyl (C=O) groups is 1. The van der Waals surface area contributed by atoms with Gasteiger partial charge in [0.25, 0.3) is 0 Å². The number of halogens is 1. The smallest absolute Gasteiger partial charge is 0.249 e. The van der Waals surface area contributed by atoms with Gasteiger partial charge in [0, 0.05) is 6.54 Å². The van der Waals surface area contributed by atoms with Crippen LogP contribution in [0.3, 0.4) is 0 Å². The largest absolute Gasteiger partial charge is 0.364 e. The van der Waals surface area contributed by atoms with Crippen molar-refractivity contribution in [2.75, 3.05) is 6.54 Å². The first-order chi connectivity index (χ1) is 11.2. The Bertz CT molecular complexity index is 647. The number of aromatic nitrogens is 3. The summed E-state index contributed by atoms with van der Waals surface area (Å²) in [6.07, 6.45) is 4.32. The number of nitrogens with one attached hydrogen (secondary N) is 1. The summed E-state index contributed by atoms with van der Waals surface area (Å²) in [4.78, 5) is 16.2. The van der Waals surface area contributed by atoms with Gasteiger partial charge in [-0.15, -0.1) is 12.4 Å². The molecule has 0 bridgehead atoms. The normalized spacial score (nSPS) is 21.1. The first-order valence-electron chi connectivity index (χ1n) is 7.78. The first kappa shape index (κ1) is 18.4. The highest BCUT2D eigenvalue weighted by atomic mass is 35.5. The number of benzene rings is 1. The van der Waals surface area contributed by atoms with E-state index in [0.29, 0.717) is 6.54 Å². The molecule has 0 spiro atoms. The Morgan fingerprint density at radius 3 is 2.75 bits per heavy atom. The average Bonchev–Trinajstić information content (AvgIpc) is 3.26. The van der Waals surface area contributed by atoms with Crippen LogP contribution in [0.4, 0.5) is 0 Å². The topological polar surface area (TPSA) is 95.1 Å². The molecule has 1 aromatic carbocycles. The Kier molecular flexibility index (Phi) is 6.30. The number of hydrogen-bond acceptors (Lipinski definition) is 5. The van der Waals surface area contributed by atoms with Gasteiger partial charge in [0.2, 0.25) is 5.91 Å². The van der Waals surface area contributed by atoms with Gasteiger partial charge in [-0.25, -0.2) is 9.67 Å². The predicted molar refractivity (Wildman–Crippen MR) is 92.1 cm³/mol. The molecule has 1 aliphatic heterocycles. The zero-order valence-corrected chi connectivity index (χ0v) is 14.3. The molecular weight excluding hydrogens is 330 g/mol. The van der Waals surface area contributed by atoms with Gasteiger partial charge in [0.15, 0.2) is 0 Å². The van der Waals surface area contributed by atoms with Gasteiger partial charge in [-0.05, 0) is 37.5 Å². The third-order valence-electron chi connectivity index (χ3n) is 4.10. The standard InChI is InChI=1S/C16H21N5O2.ClH/c1-11(20-16(22)15-7-6-14(8-17)23-15)12-2-4-13(5-3-12)21-10-18-9-19-21;/h2-5,9-11,14-15H,6-8,17H2,1H3,(H,20,22);1H/t11?,14-,15+;/m1./s1. The molecule has 24 heavy (non-hydrogen) atoms. The van der Waals surface area contributed by atoms with Crippen LogP contribution in [0.2, 0.25) is 0 Å². The van der Waals surface area contributed by atoms with Gasteiger partial charge >= 0.3 is 0 Å². The number of hydrogen-bond donors (Lipinski definition) is 2. The van der Waals surface area contributed by atoms with Crippen LogP contribution in [0.25, 0.3) is 5.69 Å². The molecule has 8 heteroatoms. The molecule has 0 saturated carbocycles. The molecule has 7 nitrogen and oxygen atoms in total. The molecular formula is C16H22ClN5O2. The second-order valence-electron chi connectivity index (χ2n) is 5.72. The van der Waals surface area contributed by atoms with Gasteiger partial charge in [0.05, 0.1) is 17.8 Å². The van der Waals surface area contributed by atoms with Crippen LogP contribution >= 0.6 is 12.4 Å². The summed E-state index contributed by atoms with van der Waals surface area (Å²) in [6.45, 7) is 2.42. The van der Waals surface area contributed by atoms with E-state index in [1.54, 1.807) is 11.0 Å². The van der Waals surface area contributed by atoms with Crippen LogP contribution in [0, 0.1) is 0 Å². The van der Waals surface area contributed by atoms with E-state index in [1.165, 1.54) is 6.33 Å². The van der Waals surface area contributed by atoms with Gasteiger partial charge in [0.1, 0.15) is 18.8 Å². The van der Waals surface area contributed by atoms with Crippen LogP contribution < -0.4 is 11.1 Å². The van der Waals surface area contributed by atoms with E-state index in [0.717, 1.165) is 24.1 Å². The lowest BCUT2D eigenvalue weighted by Gasteiger charge is -2.18. The lowest BCUT2D eigenvalue weighted by atomic mass is 10.1. The van der Waals surface area contributed by atoms with E-state index in [4.69, 9.17) is 10.5 Å². The summed E-state index contributed by atoms with van der Waals surface area (Å²) >= 11 is 0. The lowest BCUT2D eigenvalue weighted by molar-refractivity contribution is -0.132. The Hall–Kier alpha value is -1.96. The molecule has 1 fully saturated rings. The third kappa shape index (κ3) is 4.11. The Labute approximate surface area is 147 Å². The van der Waals surface area contributed by atoms with Crippen molar-refractivity contribution < 1.29 is 9.53 Å². The molecule has 1 saturated heterocycles. The second kappa shape index (κ2) is 8.23. The van der Waals surface area contributed by atoms with Crippen molar-refractivity contribution in [2.45, 2.75) is 38.0 Å². The van der Waals surface area contributed by atoms with Gasteiger partial charge in [-0.1, -0.05) is 12.1 Å². The summed E-state index contributed by atoms with van der Waals surface area (Å²) in [5.74, 6) is -0.0752. The maximum atomic E-state index is 12.2. The second-order valence-corrected chi connectivity index (χ2v) is 5.72. The molecule has 0 radical (unpaired) electrons. The minimum Gasteiger partial charge on any atom is -0.364 e. The molecule has 2 heterocycles. The molecule has 3 atom stereocenters. The molecule has 3 N–H and O–H groups in total. The van der Waals surface area contributed by atoms with Crippen LogP contribution in [-0.4, -0.2) is 39.4 Å². The van der Waals surface area contributed by atoms with Crippen molar-refractivity contribution in [2.24, 2.45) is 5.73 Å². The number of nitrogens with two attached hydrogens (primary N) is 1. The van der Waals surface area contributed by atoms with Crippen molar-refractivity contribution in [3.05, 3.63) is 42.5 Å². The maximum absolute atomic E-state index is 12.2. The number of nitrogens with zero attached hydrogens (tertiary/aromatic N) is 3. The minimum absolute atomic E-state index is 0. The summed E-state index contributed by atoms with van der Waals surface area (Å²) in [7, 11) is 0. The fourth-order valence-electron chi connectivity index (χ4n) is 2.72. The van der Waals surface area contributed by atoms with Crippen molar-refractivity contribution in [3.8, 4) is 5.69 Å². The summed E-state index contributed by atoms with van der Waals surface area (Å²) in [5, 5.41) is 7.08. The molecule has 1 aliphatic rings. The number of carbonyl (C=O) groups excluding carboxylic acids is 1. The highest BCUT2D eigenvalue weighted by Crippen LogP contribution is 2.21. The highest BCUT2D eigenvalue weighted by Gasteiger charge is 2.30. The molecule has 2 aromatic rings. The molecule has 130 valence electrons. The Morgan fingerprint density at radius 1 is 1.42 bits per heavy atom. The Morgan fingerprint density at radius 2 is 2.17 bits per heavy atom. The minimum atomic E-state index is -0.388. The molecule has 1 amide bonds. The number of amides is 1. The number of ether oxygens (including phenoxy) is 1. The van der Waals surface area contributed by atoms with Crippen molar-refractivity contribution in [3.63, 3.8) is 0 Å². The highest BCUT2D eigenvalue weighted by molar-refractivity contribution is 5.85. The van der Waals surface area contributed by atoms with E-state index in [-0.39, 0.29) is 36.6 Å². The first-order valence-corrected chi connectivity index (χ1v) is 7.78. The van der Waals surface area contributed by atoms with Gasteiger partial charge in [-0.3, -0.25) is 4.79 Å². The summed E-state index contributed by atoms with van der Waals surface area (Å²) in [6, 6.07) is 7.75. The zero-order chi connectivity index (χ0) is 16.2.